The average Bonchev–Trinajstić information content (AvgIpc) is 2.79. The summed E-state index contributed by atoms with van der Waals surface area (Å²) in [6, 6.07) is 14.0. The molecule has 0 bridgehead atoms. The summed E-state index contributed by atoms with van der Waals surface area (Å²) in [6.45, 7) is 7.84. The van der Waals surface area contributed by atoms with Gasteiger partial charge in [-0.05, 0) is 49.4 Å². The molecule has 1 N–H and O–H groups in total. The Hall–Kier alpha value is -2.87. The van der Waals surface area contributed by atoms with E-state index < -0.39 is 22.0 Å². The minimum absolute atomic E-state index is 0.208. The number of carbonyl (C=O) groups is 2. The Kier molecular flexibility index (Phi) is 9.46. The van der Waals surface area contributed by atoms with Gasteiger partial charge in [-0.25, -0.2) is 8.42 Å². The first kappa shape index (κ1) is 26.4. The van der Waals surface area contributed by atoms with Crippen molar-refractivity contribution in [1.29, 1.82) is 0 Å². The first-order valence-electron chi connectivity index (χ1n) is 11.3. The number of benzene rings is 2. The van der Waals surface area contributed by atoms with Crippen molar-refractivity contribution in [2.45, 2.75) is 53.1 Å². The van der Waals surface area contributed by atoms with Crippen molar-refractivity contribution in [3.8, 4) is 0 Å². The number of carbonyl (C=O) groups excluding carboxylic acids is 2. The molecule has 2 amide bonds. The number of hydrogen-bond acceptors (Lipinski definition) is 4. The first-order valence-corrected chi connectivity index (χ1v) is 13.1. The summed E-state index contributed by atoms with van der Waals surface area (Å²) in [6.07, 6.45) is 2.49. The monoisotopic (exact) mass is 473 g/mol. The Morgan fingerprint density at radius 2 is 1.61 bits per heavy atom. The molecular formula is C25H35N3O4S. The molecular weight excluding hydrogens is 438 g/mol. The van der Waals surface area contributed by atoms with Crippen LogP contribution in [0, 0.1) is 6.92 Å². The van der Waals surface area contributed by atoms with E-state index in [1.807, 2.05) is 57.2 Å². The molecule has 7 nitrogen and oxygen atoms in total. The van der Waals surface area contributed by atoms with Gasteiger partial charge in [0, 0.05) is 13.1 Å². The largest absolute Gasteiger partial charge is 0.354 e. The van der Waals surface area contributed by atoms with Gasteiger partial charge in [0.05, 0.1) is 11.9 Å². The van der Waals surface area contributed by atoms with E-state index in [2.05, 4.69) is 5.32 Å². The van der Waals surface area contributed by atoms with Crippen LogP contribution in [0.3, 0.4) is 0 Å². The van der Waals surface area contributed by atoms with Gasteiger partial charge in [0.25, 0.3) is 0 Å². The van der Waals surface area contributed by atoms with Gasteiger partial charge in [-0.1, -0.05) is 56.3 Å². The molecule has 0 saturated carbocycles. The Balaban J connectivity index is 2.42. The fraction of sp³-hybridized carbons (Fsp3) is 0.440. The normalized spacial score (nSPS) is 12.2. The van der Waals surface area contributed by atoms with Crippen molar-refractivity contribution < 1.29 is 18.0 Å². The predicted octanol–water partition coefficient (Wildman–Crippen LogP) is 3.27. The Bertz CT molecular complexity index is 1070. The minimum Gasteiger partial charge on any atom is -0.354 e. The molecule has 0 radical (unpaired) electrons. The fourth-order valence-electron chi connectivity index (χ4n) is 3.60. The van der Waals surface area contributed by atoms with E-state index in [9.17, 15) is 18.0 Å². The molecule has 8 heteroatoms. The molecule has 33 heavy (non-hydrogen) atoms. The highest BCUT2D eigenvalue weighted by Crippen LogP contribution is 2.24. The van der Waals surface area contributed by atoms with Crippen LogP contribution in [0.25, 0.3) is 0 Å². The molecule has 180 valence electrons. The van der Waals surface area contributed by atoms with Crippen LogP contribution in [0.4, 0.5) is 5.69 Å². The molecule has 2 rings (SSSR count). The molecule has 0 unspecified atom stereocenters. The van der Waals surface area contributed by atoms with Gasteiger partial charge < -0.3 is 10.2 Å². The second kappa shape index (κ2) is 11.8. The van der Waals surface area contributed by atoms with Gasteiger partial charge in [-0.3, -0.25) is 13.9 Å². The van der Waals surface area contributed by atoms with E-state index in [1.54, 1.807) is 19.1 Å². The lowest BCUT2D eigenvalue weighted by Crippen LogP contribution is -2.51. The standard InChI is InChI=1S/C25H35N3O4S/c1-6-16-26-25(30)20(4)27(17-22-14-9-8-12-19(22)3)24(29)18-28(33(5,31)32)23-15-11-10-13-21(23)7-2/h8-15,20H,6-7,16-18H2,1-5H3,(H,26,30)/t20-/m1/s1. The number of nitrogens with zero attached hydrogens (tertiary/aromatic N) is 2. The maximum absolute atomic E-state index is 13.5. The van der Waals surface area contributed by atoms with Gasteiger partial charge in [0.15, 0.2) is 0 Å². The number of anilines is 1. The highest BCUT2D eigenvalue weighted by molar-refractivity contribution is 7.92. The molecule has 0 saturated heterocycles. The van der Waals surface area contributed by atoms with Crippen molar-refractivity contribution in [3.05, 3.63) is 65.2 Å². The number of nitrogens with one attached hydrogen (secondary N) is 1. The van der Waals surface area contributed by atoms with Gasteiger partial charge in [-0.2, -0.15) is 0 Å². The SMILES string of the molecule is CCCNC(=O)[C@@H](C)N(Cc1ccccc1C)C(=O)CN(c1ccccc1CC)S(C)(=O)=O. The summed E-state index contributed by atoms with van der Waals surface area (Å²) in [4.78, 5) is 27.7. The summed E-state index contributed by atoms with van der Waals surface area (Å²) in [5, 5.41) is 2.84. The molecule has 0 aliphatic heterocycles. The maximum atomic E-state index is 13.5. The van der Waals surface area contributed by atoms with E-state index in [0.29, 0.717) is 18.7 Å². The number of sulfonamides is 1. The van der Waals surface area contributed by atoms with Gasteiger partial charge in [0.1, 0.15) is 12.6 Å². The zero-order valence-electron chi connectivity index (χ0n) is 20.2. The molecule has 2 aromatic carbocycles. The van der Waals surface area contributed by atoms with Crippen LogP contribution in [0.1, 0.15) is 43.9 Å². The predicted molar refractivity (Wildman–Crippen MR) is 133 cm³/mol. The van der Waals surface area contributed by atoms with E-state index in [1.165, 1.54) is 4.90 Å². The number of para-hydroxylation sites is 1. The van der Waals surface area contributed by atoms with Crippen molar-refractivity contribution in [2.75, 3.05) is 23.7 Å². The Morgan fingerprint density at radius 1 is 1.00 bits per heavy atom. The van der Waals surface area contributed by atoms with Crippen LogP contribution in [-0.2, 0) is 32.6 Å². The minimum atomic E-state index is -3.74. The van der Waals surface area contributed by atoms with E-state index >= 15 is 0 Å². The van der Waals surface area contributed by atoms with Gasteiger partial charge in [-0.15, -0.1) is 0 Å². The van der Waals surface area contributed by atoms with Crippen molar-refractivity contribution in [2.24, 2.45) is 0 Å². The summed E-state index contributed by atoms with van der Waals surface area (Å²) < 4.78 is 26.5. The lowest BCUT2D eigenvalue weighted by molar-refractivity contribution is -0.139. The molecule has 0 aliphatic carbocycles. The van der Waals surface area contributed by atoms with Gasteiger partial charge in [0.2, 0.25) is 21.8 Å². The molecule has 0 spiro atoms. The molecule has 2 aromatic rings. The van der Waals surface area contributed by atoms with Crippen LogP contribution in [0.15, 0.2) is 48.5 Å². The van der Waals surface area contributed by atoms with Crippen molar-refractivity contribution >= 4 is 27.5 Å². The van der Waals surface area contributed by atoms with E-state index in [0.717, 1.165) is 33.7 Å². The molecule has 0 fully saturated rings. The number of aryl methyl sites for hydroxylation is 2. The van der Waals surface area contributed by atoms with E-state index in [4.69, 9.17) is 0 Å². The number of hydrogen-bond donors (Lipinski definition) is 1. The third-order valence-corrected chi connectivity index (χ3v) is 6.77. The van der Waals surface area contributed by atoms with Crippen LogP contribution < -0.4 is 9.62 Å². The zero-order chi connectivity index (χ0) is 24.6. The zero-order valence-corrected chi connectivity index (χ0v) is 21.0. The molecule has 0 aliphatic rings. The smallest absolute Gasteiger partial charge is 0.244 e. The lowest BCUT2D eigenvalue weighted by Gasteiger charge is -2.32. The third kappa shape index (κ3) is 7.05. The highest BCUT2D eigenvalue weighted by Gasteiger charge is 2.30. The summed E-state index contributed by atoms with van der Waals surface area (Å²) in [5.41, 5.74) is 3.21. The molecule has 0 heterocycles. The average molecular weight is 474 g/mol. The van der Waals surface area contributed by atoms with E-state index in [-0.39, 0.29) is 19.0 Å². The lowest BCUT2D eigenvalue weighted by atomic mass is 10.1. The van der Waals surface area contributed by atoms with Crippen molar-refractivity contribution in [1.82, 2.24) is 10.2 Å². The summed E-state index contributed by atoms with van der Waals surface area (Å²) in [7, 11) is -3.74. The van der Waals surface area contributed by atoms with Crippen LogP contribution in [-0.4, -0.2) is 50.5 Å². The quantitative estimate of drug-likeness (QED) is 0.543. The van der Waals surface area contributed by atoms with Crippen molar-refractivity contribution in [3.63, 3.8) is 0 Å². The Morgan fingerprint density at radius 3 is 2.18 bits per heavy atom. The first-order chi connectivity index (χ1) is 15.6. The van der Waals surface area contributed by atoms with Crippen LogP contribution >= 0.6 is 0 Å². The topological polar surface area (TPSA) is 86.8 Å². The number of amides is 2. The molecule has 1 atom stereocenters. The maximum Gasteiger partial charge on any atom is 0.244 e. The Labute approximate surface area is 197 Å². The number of rotatable bonds is 11. The summed E-state index contributed by atoms with van der Waals surface area (Å²) in [5.74, 6) is -0.701. The second-order valence-electron chi connectivity index (χ2n) is 8.17. The van der Waals surface area contributed by atoms with Crippen LogP contribution in [0.5, 0.6) is 0 Å². The molecule has 0 aromatic heterocycles. The summed E-state index contributed by atoms with van der Waals surface area (Å²) >= 11 is 0. The second-order valence-corrected chi connectivity index (χ2v) is 10.1. The van der Waals surface area contributed by atoms with Crippen LogP contribution in [0.2, 0.25) is 0 Å². The third-order valence-electron chi connectivity index (χ3n) is 5.64. The fourth-order valence-corrected chi connectivity index (χ4v) is 4.48. The highest BCUT2D eigenvalue weighted by atomic mass is 32.2. The van der Waals surface area contributed by atoms with Gasteiger partial charge >= 0.3 is 0 Å².